The molecule has 2 aromatic rings. The zero-order chi connectivity index (χ0) is 20.6. The summed E-state index contributed by atoms with van der Waals surface area (Å²) in [6.45, 7) is 6.14. The van der Waals surface area contributed by atoms with Crippen LogP contribution >= 0.6 is 0 Å². The summed E-state index contributed by atoms with van der Waals surface area (Å²) in [5.41, 5.74) is 3.14. The first-order chi connectivity index (χ1) is 14.0. The third-order valence-corrected chi connectivity index (χ3v) is 5.18. The molecular weight excluding hydrogens is 365 g/mol. The van der Waals surface area contributed by atoms with Crippen LogP contribution in [0.3, 0.4) is 0 Å². The maximum absolute atomic E-state index is 14.0. The third-order valence-electron chi connectivity index (χ3n) is 5.18. The summed E-state index contributed by atoms with van der Waals surface area (Å²) < 4.78 is 14.0. The lowest BCUT2D eigenvalue weighted by molar-refractivity contribution is 0.172. The Hall–Kier alpha value is -2.44. The normalized spacial score (nSPS) is 15.8. The monoisotopic (exact) mass is 397 g/mol. The second kappa shape index (κ2) is 10.4. The second-order valence-electron chi connectivity index (χ2n) is 7.81. The van der Waals surface area contributed by atoms with Crippen molar-refractivity contribution in [3.8, 4) is 0 Å². The summed E-state index contributed by atoms with van der Waals surface area (Å²) >= 11 is 0. The molecule has 1 N–H and O–H groups in total. The van der Waals surface area contributed by atoms with Crippen LogP contribution in [0.15, 0.2) is 53.5 Å². The highest BCUT2D eigenvalue weighted by molar-refractivity contribution is 5.80. The summed E-state index contributed by atoms with van der Waals surface area (Å²) in [4.78, 5) is 11.2. The minimum atomic E-state index is -0.152. The summed E-state index contributed by atoms with van der Waals surface area (Å²) in [5, 5.41) is 3.44. The van der Waals surface area contributed by atoms with Crippen molar-refractivity contribution < 1.29 is 4.39 Å². The largest absolute Gasteiger partial charge is 0.352 e. The van der Waals surface area contributed by atoms with Crippen LogP contribution < -0.4 is 5.32 Å². The Kier molecular flexibility index (Phi) is 7.61. The highest BCUT2D eigenvalue weighted by atomic mass is 19.1. The van der Waals surface area contributed by atoms with Crippen molar-refractivity contribution in [1.29, 1.82) is 0 Å². The van der Waals surface area contributed by atoms with Gasteiger partial charge in [0.25, 0.3) is 0 Å². The van der Waals surface area contributed by atoms with Gasteiger partial charge in [0, 0.05) is 58.4 Å². The number of benzene rings is 2. The average Bonchev–Trinajstić information content (AvgIpc) is 2.72. The highest BCUT2D eigenvalue weighted by Gasteiger charge is 2.19. The Morgan fingerprint density at radius 3 is 2.41 bits per heavy atom. The smallest absolute Gasteiger partial charge is 0.194 e. The molecule has 2 aromatic carbocycles. The number of aliphatic imine (C=N–C) groups is 1. The number of nitrogens with one attached hydrogen (secondary N) is 1. The Morgan fingerprint density at radius 2 is 1.76 bits per heavy atom. The van der Waals surface area contributed by atoms with Crippen molar-refractivity contribution in [2.24, 2.45) is 4.99 Å². The van der Waals surface area contributed by atoms with Gasteiger partial charge in [-0.05, 0) is 37.4 Å². The number of hydrogen-bond acceptors (Lipinski definition) is 3. The zero-order valence-electron chi connectivity index (χ0n) is 17.7. The fourth-order valence-electron chi connectivity index (χ4n) is 3.67. The molecular formula is C23H32FN5. The van der Waals surface area contributed by atoms with E-state index in [1.807, 2.05) is 38.2 Å². The molecule has 0 saturated carbocycles. The van der Waals surface area contributed by atoms with E-state index in [1.165, 1.54) is 5.56 Å². The molecule has 5 nitrogen and oxygen atoms in total. The second-order valence-corrected chi connectivity index (χ2v) is 7.81. The SMILES string of the molecule is CN=C(NCc1ccc(F)c(CN(C)C)c1)N1CCN(Cc2ccccc2)CC1. The molecule has 3 rings (SSSR count). The van der Waals surface area contributed by atoms with Gasteiger partial charge >= 0.3 is 0 Å². The summed E-state index contributed by atoms with van der Waals surface area (Å²) in [5.74, 6) is 0.754. The van der Waals surface area contributed by atoms with Crippen molar-refractivity contribution in [1.82, 2.24) is 20.0 Å². The first kappa shape index (κ1) is 21.3. The van der Waals surface area contributed by atoms with E-state index in [4.69, 9.17) is 0 Å². The number of rotatable bonds is 6. The zero-order valence-corrected chi connectivity index (χ0v) is 17.7. The molecule has 1 aliphatic heterocycles. The minimum Gasteiger partial charge on any atom is -0.352 e. The van der Waals surface area contributed by atoms with E-state index in [2.05, 4.69) is 50.4 Å². The third kappa shape index (κ3) is 6.27. The first-order valence-corrected chi connectivity index (χ1v) is 10.2. The molecule has 0 spiro atoms. The van der Waals surface area contributed by atoms with Crippen molar-refractivity contribution >= 4 is 5.96 Å². The van der Waals surface area contributed by atoms with Gasteiger partial charge in [-0.1, -0.05) is 36.4 Å². The van der Waals surface area contributed by atoms with Gasteiger partial charge in [-0.15, -0.1) is 0 Å². The quantitative estimate of drug-likeness (QED) is 0.600. The molecule has 0 amide bonds. The molecule has 0 bridgehead atoms. The van der Waals surface area contributed by atoms with E-state index in [0.717, 1.165) is 49.8 Å². The molecule has 1 heterocycles. The van der Waals surface area contributed by atoms with Crippen LogP contribution in [0, 0.1) is 5.82 Å². The van der Waals surface area contributed by atoms with E-state index < -0.39 is 0 Å². The average molecular weight is 398 g/mol. The van der Waals surface area contributed by atoms with Gasteiger partial charge in [-0.25, -0.2) is 4.39 Å². The standard InChI is InChI=1S/C23H32FN5/c1-25-23(26-16-20-9-10-22(24)21(15-20)18-27(2)3)29-13-11-28(12-14-29)17-19-7-5-4-6-8-19/h4-10,15H,11-14,16-18H2,1-3H3,(H,25,26). The molecule has 0 aliphatic carbocycles. The molecule has 6 heteroatoms. The van der Waals surface area contributed by atoms with Gasteiger partial charge < -0.3 is 15.1 Å². The molecule has 156 valence electrons. The van der Waals surface area contributed by atoms with Gasteiger partial charge in [-0.3, -0.25) is 9.89 Å². The maximum atomic E-state index is 14.0. The molecule has 29 heavy (non-hydrogen) atoms. The van der Waals surface area contributed by atoms with E-state index in [0.29, 0.717) is 13.1 Å². The van der Waals surface area contributed by atoms with Crippen LogP contribution in [0.25, 0.3) is 0 Å². The van der Waals surface area contributed by atoms with Crippen molar-refractivity contribution in [3.05, 3.63) is 71.0 Å². The Morgan fingerprint density at radius 1 is 1.03 bits per heavy atom. The van der Waals surface area contributed by atoms with Gasteiger partial charge in [0.1, 0.15) is 5.82 Å². The van der Waals surface area contributed by atoms with E-state index in [-0.39, 0.29) is 5.82 Å². The van der Waals surface area contributed by atoms with E-state index >= 15 is 0 Å². The van der Waals surface area contributed by atoms with Crippen LogP contribution in [0.2, 0.25) is 0 Å². The van der Waals surface area contributed by atoms with E-state index in [1.54, 1.807) is 6.07 Å². The number of halogens is 1. The fraction of sp³-hybridized carbons (Fsp3) is 0.435. The summed E-state index contributed by atoms with van der Waals surface area (Å²) in [7, 11) is 5.72. The number of hydrogen-bond donors (Lipinski definition) is 1. The Bertz CT molecular complexity index is 798. The topological polar surface area (TPSA) is 34.1 Å². The van der Waals surface area contributed by atoms with Crippen LogP contribution in [-0.4, -0.2) is 68.0 Å². The maximum Gasteiger partial charge on any atom is 0.194 e. The van der Waals surface area contributed by atoms with E-state index in [9.17, 15) is 4.39 Å². The van der Waals surface area contributed by atoms with Gasteiger partial charge in [0.05, 0.1) is 0 Å². The molecule has 1 aliphatic rings. The fourth-order valence-corrected chi connectivity index (χ4v) is 3.67. The summed E-state index contributed by atoms with van der Waals surface area (Å²) in [6, 6.07) is 15.9. The molecule has 0 unspecified atom stereocenters. The number of piperazine rings is 1. The molecule has 1 fully saturated rings. The number of guanidine groups is 1. The van der Waals surface area contributed by atoms with Crippen LogP contribution in [-0.2, 0) is 19.6 Å². The highest BCUT2D eigenvalue weighted by Crippen LogP contribution is 2.13. The van der Waals surface area contributed by atoms with Crippen LogP contribution in [0.1, 0.15) is 16.7 Å². The number of nitrogens with zero attached hydrogens (tertiary/aromatic N) is 4. The first-order valence-electron chi connectivity index (χ1n) is 10.2. The summed E-state index contributed by atoms with van der Waals surface area (Å²) in [6.07, 6.45) is 0. The molecule has 0 aromatic heterocycles. The van der Waals surface area contributed by atoms with Gasteiger partial charge in [0.15, 0.2) is 5.96 Å². The lowest BCUT2D eigenvalue weighted by Crippen LogP contribution is -2.52. The van der Waals surface area contributed by atoms with Crippen molar-refractivity contribution in [3.63, 3.8) is 0 Å². The molecule has 0 radical (unpaired) electrons. The predicted molar refractivity (Wildman–Crippen MR) is 117 cm³/mol. The van der Waals surface area contributed by atoms with Crippen molar-refractivity contribution in [2.45, 2.75) is 19.6 Å². The molecule has 1 saturated heterocycles. The molecule has 0 atom stereocenters. The van der Waals surface area contributed by atoms with Crippen molar-refractivity contribution in [2.75, 3.05) is 47.3 Å². The van der Waals surface area contributed by atoms with Gasteiger partial charge in [-0.2, -0.15) is 0 Å². The van der Waals surface area contributed by atoms with Crippen LogP contribution in [0.4, 0.5) is 4.39 Å². The minimum absolute atomic E-state index is 0.152. The Labute approximate surface area is 173 Å². The Balaban J connectivity index is 1.51. The lowest BCUT2D eigenvalue weighted by Gasteiger charge is -2.36. The lowest BCUT2D eigenvalue weighted by atomic mass is 10.1. The predicted octanol–water partition coefficient (Wildman–Crippen LogP) is 2.78. The van der Waals surface area contributed by atoms with Crippen LogP contribution in [0.5, 0.6) is 0 Å². The van der Waals surface area contributed by atoms with Gasteiger partial charge in [0.2, 0.25) is 0 Å².